The zero-order valence-electron chi connectivity index (χ0n) is 19.4. The van der Waals surface area contributed by atoms with Crippen LogP contribution in [0, 0.1) is 0 Å². The van der Waals surface area contributed by atoms with Crippen molar-refractivity contribution in [3.8, 4) is 22.9 Å². The Labute approximate surface area is 192 Å². The van der Waals surface area contributed by atoms with Crippen LogP contribution in [0.5, 0.6) is 11.6 Å². The third-order valence-corrected chi connectivity index (χ3v) is 5.82. The van der Waals surface area contributed by atoms with Crippen LogP contribution in [-0.4, -0.2) is 38.5 Å². The summed E-state index contributed by atoms with van der Waals surface area (Å²) in [6.07, 6.45) is 3.96. The molecule has 0 saturated carbocycles. The van der Waals surface area contributed by atoms with Gasteiger partial charge in [-0.1, -0.05) is 61.5 Å². The molecule has 170 valence electrons. The SMILES string of the molecule is C=CCCC(O)CN(Cc1c(-c2ccccc2)nn(C)c1Oc1ccccc1)C(C)CC. The van der Waals surface area contributed by atoms with E-state index in [1.54, 1.807) is 0 Å². The number of aromatic nitrogens is 2. The van der Waals surface area contributed by atoms with E-state index in [0.29, 0.717) is 25.6 Å². The maximum Gasteiger partial charge on any atom is 0.222 e. The molecule has 2 aromatic carbocycles. The fourth-order valence-corrected chi connectivity index (χ4v) is 3.78. The molecule has 1 aromatic heterocycles. The predicted molar refractivity (Wildman–Crippen MR) is 131 cm³/mol. The van der Waals surface area contributed by atoms with E-state index < -0.39 is 6.10 Å². The second-order valence-corrected chi connectivity index (χ2v) is 8.24. The Hall–Kier alpha value is -2.89. The first kappa shape index (κ1) is 23.8. The summed E-state index contributed by atoms with van der Waals surface area (Å²) in [5.41, 5.74) is 2.99. The van der Waals surface area contributed by atoms with Crippen LogP contribution in [0.15, 0.2) is 73.3 Å². The summed E-state index contributed by atoms with van der Waals surface area (Å²) in [4.78, 5) is 2.33. The monoisotopic (exact) mass is 433 g/mol. The zero-order valence-corrected chi connectivity index (χ0v) is 19.4. The zero-order chi connectivity index (χ0) is 22.9. The second-order valence-electron chi connectivity index (χ2n) is 8.24. The van der Waals surface area contributed by atoms with Gasteiger partial charge >= 0.3 is 0 Å². The number of para-hydroxylation sites is 1. The molecule has 0 bridgehead atoms. The summed E-state index contributed by atoms with van der Waals surface area (Å²) in [5, 5.41) is 15.5. The molecule has 5 heteroatoms. The molecule has 0 aliphatic heterocycles. The molecule has 0 spiro atoms. The van der Waals surface area contributed by atoms with Crippen LogP contribution < -0.4 is 4.74 Å². The normalized spacial score (nSPS) is 13.2. The fourth-order valence-electron chi connectivity index (χ4n) is 3.78. The maximum atomic E-state index is 10.6. The topological polar surface area (TPSA) is 50.5 Å². The van der Waals surface area contributed by atoms with Gasteiger partial charge in [0, 0.05) is 31.7 Å². The number of allylic oxidation sites excluding steroid dienone is 1. The van der Waals surface area contributed by atoms with Gasteiger partial charge in [0.05, 0.1) is 11.7 Å². The number of benzene rings is 2. The van der Waals surface area contributed by atoms with Crippen molar-refractivity contribution in [2.75, 3.05) is 6.54 Å². The van der Waals surface area contributed by atoms with Gasteiger partial charge in [0.15, 0.2) is 0 Å². The van der Waals surface area contributed by atoms with Crippen molar-refractivity contribution in [1.29, 1.82) is 0 Å². The lowest BCUT2D eigenvalue weighted by Gasteiger charge is -2.30. The minimum atomic E-state index is -0.405. The van der Waals surface area contributed by atoms with Gasteiger partial charge in [-0.2, -0.15) is 5.10 Å². The summed E-state index contributed by atoms with van der Waals surface area (Å²) in [5.74, 6) is 1.50. The van der Waals surface area contributed by atoms with Crippen LogP contribution in [0.4, 0.5) is 0 Å². The highest BCUT2D eigenvalue weighted by molar-refractivity contribution is 5.65. The predicted octanol–water partition coefficient (Wildman–Crippen LogP) is 5.81. The maximum absolute atomic E-state index is 10.6. The van der Waals surface area contributed by atoms with Crippen LogP contribution in [0.1, 0.15) is 38.7 Å². The van der Waals surface area contributed by atoms with Crippen molar-refractivity contribution in [1.82, 2.24) is 14.7 Å². The average Bonchev–Trinajstić information content (AvgIpc) is 3.12. The molecule has 3 rings (SSSR count). The lowest BCUT2D eigenvalue weighted by atomic mass is 10.1. The van der Waals surface area contributed by atoms with Gasteiger partial charge in [0.25, 0.3) is 0 Å². The molecule has 0 amide bonds. The van der Waals surface area contributed by atoms with Gasteiger partial charge in [0.1, 0.15) is 11.4 Å². The molecule has 0 saturated heterocycles. The molecule has 0 aliphatic rings. The molecule has 0 aliphatic carbocycles. The first-order valence-corrected chi connectivity index (χ1v) is 11.4. The van der Waals surface area contributed by atoms with Gasteiger partial charge in [-0.25, -0.2) is 4.68 Å². The van der Waals surface area contributed by atoms with Crippen LogP contribution >= 0.6 is 0 Å². The summed E-state index contributed by atoms with van der Waals surface area (Å²) >= 11 is 0. The Balaban J connectivity index is 1.99. The molecule has 0 fully saturated rings. The smallest absolute Gasteiger partial charge is 0.222 e. The number of hydrogen-bond donors (Lipinski definition) is 1. The van der Waals surface area contributed by atoms with Gasteiger partial charge < -0.3 is 9.84 Å². The molecule has 5 nitrogen and oxygen atoms in total. The summed E-state index contributed by atoms with van der Waals surface area (Å²) in [7, 11) is 1.92. The number of aryl methyl sites for hydroxylation is 1. The molecule has 2 atom stereocenters. The fraction of sp³-hybridized carbons (Fsp3) is 0.370. The van der Waals surface area contributed by atoms with E-state index >= 15 is 0 Å². The first-order chi connectivity index (χ1) is 15.5. The summed E-state index contributed by atoms with van der Waals surface area (Å²) in [6.45, 7) is 9.39. The van der Waals surface area contributed by atoms with E-state index in [4.69, 9.17) is 9.84 Å². The Morgan fingerprint density at radius 1 is 1.12 bits per heavy atom. The molecule has 3 aromatic rings. The van der Waals surface area contributed by atoms with Crippen LogP contribution in [-0.2, 0) is 13.6 Å². The Morgan fingerprint density at radius 3 is 2.41 bits per heavy atom. The van der Waals surface area contributed by atoms with E-state index in [1.165, 1.54) is 0 Å². The largest absolute Gasteiger partial charge is 0.439 e. The standard InChI is InChI=1S/C27H35N3O2/c1-5-7-16-23(31)19-30(21(3)6-2)20-25-26(22-14-10-8-11-15-22)28-29(4)27(25)32-24-17-12-9-13-18-24/h5,8-15,17-18,21,23,31H,1,6-7,16,19-20H2,2-4H3. The van der Waals surface area contributed by atoms with E-state index in [0.717, 1.165) is 41.3 Å². The lowest BCUT2D eigenvalue weighted by Crippen LogP contribution is -2.38. The minimum absolute atomic E-state index is 0.307. The first-order valence-electron chi connectivity index (χ1n) is 11.4. The van der Waals surface area contributed by atoms with Crippen LogP contribution in [0.25, 0.3) is 11.3 Å². The number of ether oxygens (including phenoxy) is 1. The van der Waals surface area contributed by atoms with Crippen molar-refractivity contribution < 1.29 is 9.84 Å². The third-order valence-electron chi connectivity index (χ3n) is 5.82. The Bertz CT molecular complexity index is 969. The molecule has 1 heterocycles. The van der Waals surface area contributed by atoms with Crippen molar-refractivity contribution in [3.63, 3.8) is 0 Å². The third kappa shape index (κ3) is 6.09. The molecule has 32 heavy (non-hydrogen) atoms. The molecule has 2 unspecified atom stereocenters. The molecule has 0 radical (unpaired) electrons. The van der Waals surface area contributed by atoms with Crippen molar-refractivity contribution in [2.45, 2.75) is 51.8 Å². The number of aliphatic hydroxyl groups is 1. The Morgan fingerprint density at radius 2 is 1.78 bits per heavy atom. The van der Waals surface area contributed by atoms with Crippen LogP contribution in [0.2, 0.25) is 0 Å². The van der Waals surface area contributed by atoms with E-state index in [2.05, 4.69) is 37.5 Å². The van der Waals surface area contributed by atoms with E-state index in [9.17, 15) is 5.11 Å². The van der Waals surface area contributed by atoms with Crippen molar-refractivity contribution >= 4 is 0 Å². The highest BCUT2D eigenvalue weighted by Crippen LogP contribution is 2.34. The highest BCUT2D eigenvalue weighted by atomic mass is 16.5. The number of rotatable bonds is 12. The number of nitrogens with zero attached hydrogens (tertiary/aromatic N) is 3. The molecular formula is C27H35N3O2. The van der Waals surface area contributed by atoms with Gasteiger partial charge in [0.2, 0.25) is 5.88 Å². The number of aliphatic hydroxyl groups excluding tert-OH is 1. The van der Waals surface area contributed by atoms with Crippen LogP contribution in [0.3, 0.4) is 0 Å². The van der Waals surface area contributed by atoms with E-state index in [1.807, 2.05) is 66.3 Å². The summed E-state index contributed by atoms with van der Waals surface area (Å²) < 4.78 is 8.14. The summed E-state index contributed by atoms with van der Waals surface area (Å²) in [6, 6.07) is 20.3. The van der Waals surface area contributed by atoms with Crippen molar-refractivity contribution in [2.24, 2.45) is 7.05 Å². The second kappa shape index (κ2) is 11.7. The lowest BCUT2D eigenvalue weighted by molar-refractivity contribution is 0.0796. The van der Waals surface area contributed by atoms with E-state index in [-0.39, 0.29) is 0 Å². The number of hydrogen-bond acceptors (Lipinski definition) is 4. The van der Waals surface area contributed by atoms with Crippen molar-refractivity contribution in [3.05, 3.63) is 78.9 Å². The quantitative estimate of drug-likeness (QED) is 0.366. The highest BCUT2D eigenvalue weighted by Gasteiger charge is 2.25. The van der Waals surface area contributed by atoms with Gasteiger partial charge in [-0.05, 0) is 38.3 Å². The Kier molecular flexibility index (Phi) is 8.65. The van der Waals surface area contributed by atoms with Gasteiger partial charge in [-0.15, -0.1) is 6.58 Å². The van der Waals surface area contributed by atoms with Gasteiger partial charge in [-0.3, -0.25) is 4.90 Å². The average molecular weight is 434 g/mol. The molecule has 1 N–H and O–H groups in total. The minimum Gasteiger partial charge on any atom is -0.439 e. The molecular weight excluding hydrogens is 398 g/mol.